The highest BCUT2D eigenvalue weighted by molar-refractivity contribution is 9.10. The molecule has 1 aliphatic heterocycles. The van der Waals surface area contributed by atoms with Crippen LogP contribution in [0.4, 0.5) is 5.69 Å². The van der Waals surface area contributed by atoms with Crippen LogP contribution in [0.25, 0.3) is 0 Å². The number of benzene rings is 2. The minimum absolute atomic E-state index is 0.0771. The number of carbonyl (C=O) groups is 1. The zero-order chi connectivity index (χ0) is 15.0. The Hall–Kier alpha value is -1.36. The fourth-order valence-electron chi connectivity index (χ4n) is 2.55. The van der Waals surface area contributed by atoms with Crippen LogP contribution < -0.4 is 4.90 Å². The molecule has 3 rings (SSSR count). The molecule has 0 aromatic heterocycles. The molecule has 5 heteroatoms. The van der Waals surface area contributed by atoms with Gasteiger partial charge in [0, 0.05) is 32.9 Å². The normalized spacial score (nSPS) is 17.5. The van der Waals surface area contributed by atoms with Crippen LogP contribution in [0.15, 0.2) is 46.9 Å². The minimum atomic E-state index is -0.578. The van der Waals surface area contributed by atoms with Gasteiger partial charge in [0.05, 0.1) is 6.10 Å². The Balaban J connectivity index is 2.01. The molecule has 1 heterocycles. The molecular weight excluding hydrogens is 354 g/mol. The van der Waals surface area contributed by atoms with Gasteiger partial charge in [-0.2, -0.15) is 0 Å². The molecule has 0 saturated heterocycles. The highest BCUT2D eigenvalue weighted by atomic mass is 79.9. The molecular formula is C16H13BrClNO2. The van der Waals surface area contributed by atoms with E-state index in [4.69, 9.17) is 11.6 Å². The Morgan fingerprint density at radius 3 is 2.86 bits per heavy atom. The lowest BCUT2D eigenvalue weighted by Gasteiger charge is -2.32. The Labute approximate surface area is 136 Å². The van der Waals surface area contributed by atoms with Crippen molar-refractivity contribution < 1.29 is 9.90 Å². The van der Waals surface area contributed by atoms with Gasteiger partial charge in [0.1, 0.15) is 0 Å². The van der Waals surface area contributed by atoms with Crippen LogP contribution in [0, 0.1) is 0 Å². The summed E-state index contributed by atoms with van der Waals surface area (Å²) in [5.74, 6) is -0.0771. The summed E-state index contributed by atoms with van der Waals surface area (Å²) in [5, 5.41) is 10.7. The molecule has 1 atom stereocenters. The van der Waals surface area contributed by atoms with Crippen LogP contribution in [0.3, 0.4) is 0 Å². The molecule has 0 spiro atoms. The number of amides is 1. The van der Waals surface area contributed by atoms with Crippen LogP contribution in [-0.2, 0) is 0 Å². The first-order chi connectivity index (χ1) is 10.1. The van der Waals surface area contributed by atoms with E-state index < -0.39 is 6.10 Å². The van der Waals surface area contributed by atoms with Crippen molar-refractivity contribution in [1.82, 2.24) is 0 Å². The summed E-state index contributed by atoms with van der Waals surface area (Å²) >= 11 is 9.36. The topological polar surface area (TPSA) is 40.5 Å². The fourth-order valence-corrected chi connectivity index (χ4v) is 3.13. The van der Waals surface area contributed by atoms with Crippen LogP contribution in [0.2, 0.25) is 5.02 Å². The third-order valence-corrected chi connectivity index (χ3v) is 4.31. The summed E-state index contributed by atoms with van der Waals surface area (Å²) in [4.78, 5) is 14.4. The molecule has 1 aliphatic rings. The van der Waals surface area contributed by atoms with Crippen LogP contribution in [-0.4, -0.2) is 17.6 Å². The van der Waals surface area contributed by atoms with Gasteiger partial charge in [0.2, 0.25) is 0 Å². The Morgan fingerprint density at radius 1 is 1.29 bits per heavy atom. The first kappa shape index (κ1) is 14.6. The quantitative estimate of drug-likeness (QED) is 0.822. The van der Waals surface area contributed by atoms with E-state index >= 15 is 0 Å². The van der Waals surface area contributed by atoms with Gasteiger partial charge in [0.15, 0.2) is 0 Å². The van der Waals surface area contributed by atoms with E-state index in [1.165, 1.54) is 0 Å². The van der Waals surface area contributed by atoms with Crippen molar-refractivity contribution >= 4 is 39.1 Å². The average Bonchev–Trinajstić information content (AvgIpc) is 2.47. The number of halogens is 2. The van der Waals surface area contributed by atoms with Gasteiger partial charge in [-0.05, 0) is 42.8 Å². The first-order valence-corrected chi connectivity index (χ1v) is 7.78. The number of rotatable bonds is 1. The van der Waals surface area contributed by atoms with Gasteiger partial charge < -0.3 is 10.0 Å². The second kappa shape index (κ2) is 5.79. The third-order valence-electron chi connectivity index (χ3n) is 3.58. The maximum absolute atomic E-state index is 12.7. The predicted molar refractivity (Wildman–Crippen MR) is 86.8 cm³/mol. The summed E-state index contributed by atoms with van der Waals surface area (Å²) in [5.41, 5.74) is 2.04. The predicted octanol–water partition coefficient (Wildman–Crippen LogP) is 4.19. The number of nitrogens with zero attached hydrogens (tertiary/aromatic N) is 1. The Kier molecular flexibility index (Phi) is 4.02. The number of anilines is 1. The number of hydrogen-bond donors (Lipinski definition) is 1. The van der Waals surface area contributed by atoms with E-state index in [0.29, 0.717) is 29.1 Å². The first-order valence-electron chi connectivity index (χ1n) is 6.61. The summed E-state index contributed by atoms with van der Waals surface area (Å²) in [6.07, 6.45) is -0.0714. The number of aliphatic hydroxyl groups excluding tert-OH is 1. The van der Waals surface area contributed by atoms with E-state index in [2.05, 4.69) is 15.9 Å². The summed E-state index contributed by atoms with van der Waals surface area (Å²) in [6.45, 7) is 0.487. The number of hydrogen-bond acceptors (Lipinski definition) is 2. The van der Waals surface area contributed by atoms with Gasteiger partial charge in [-0.1, -0.05) is 33.6 Å². The summed E-state index contributed by atoms with van der Waals surface area (Å²) < 4.78 is 0.863. The molecule has 1 N–H and O–H groups in total. The maximum atomic E-state index is 12.7. The molecule has 2 aromatic carbocycles. The van der Waals surface area contributed by atoms with Crippen LogP contribution in [0.1, 0.15) is 28.4 Å². The standard InChI is InChI=1S/C16H13BrClNO2/c17-11-3-1-2-10(8-11)16(21)19-7-6-15(20)13-9-12(18)4-5-14(13)19/h1-5,8-9,15,20H,6-7H2. The Morgan fingerprint density at radius 2 is 2.10 bits per heavy atom. The van der Waals surface area contributed by atoms with Crippen molar-refractivity contribution in [3.63, 3.8) is 0 Å². The molecule has 21 heavy (non-hydrogen) atoms. The molecule has 108 valence electrons. The van der Waals surface area contributed by atoms with Gasteiger partial charge in [0.25, 0.3) is 5.91 Å². The van der Waals surface area contributed by atoms with Crippen molar-refractivity contribution in [2.24, 2.45) is 0 Å². The summed E-state index contributed by atoms with van der Waals surface area (Å²) in [6, 6.07) is 12.5. The molecule has 0 bridgehead atoms. The summed E-state index contributed by atoms with van der Waals surface area (Å²) in [7, 11) is 0. The molecule has 2 aromatic rings. The lowest BCUT2D eigenvalue weighted by atomic mass is 9.98. The van der Waals surface area contributed by atoms with Gasteiger partial charge in [-0.3, -0.25) is 4.79 Å². The SMILES string of the molecule is O=C(c1cccc(Br)c1)N1CCC(O)c2cc(Cl)ccc21. The molecule has 0 aliphatic carbocycles. The smallest absolute Gasteiger partial charge is 0.258 e. The highest BCUT2D eigenvalue weighted by Gasteiger charge is 2.28. The number of carbonyl (C=O) groups excluding carboxylic acids is 1. The van der Waals surface area contributed by atoms with Crippen LogP contribution >= 0.6 is 27.5 Å². The molecule has 0 fully saturated rings. The maximum Gasteiger partial charge on any atom is 0.258 e. The molecule has 1 unspecified atom stereocenters. The molecule has 3 nitrogen and oxygen atoms in total. The van der Waals surface area contributed by atoms with Crippen molar-refractivity contribution in [1.29, 1.82) is 0 Å². The monoisotopic (exact) mass is 365 g/mol. The second-order valence-corrected chi connectivity index (χ2v) is 6.33. The van der Waals surface area contributed by atoms with E-state index in [-0.39, 0.29) is 5.91 Å². The molecule has 0 saturated carbocycles. The zero-order valence-electron chi connectivity index (χ0n) is 11.1. The van der Waals surface area contributed by atoms with E-state index in [1.807, 2.05) is 12.1 Å². The van der Waals surface area contributed by atoms with Crippen LogP contribution in [0.5, 0.6) is 0 Å². The fraction of sp³-hybridized carbons (Fsp3) is 0.188. The number of fused-ring (bicyclic) bond motifs is 1. The minimum Gasteiger partial charge on any atom is -0.388 e. The largest absolute Gasteiger partial charge is 0.388 e. The van der Waals surface area contributed by atoms with Crippen molar-refractivity contribution in [2.45, 2.75) is 12.5 Å². The van der Waals surface area contributed by atoms with E-state index in [1.54, 1.807) is 35.2 Å². The lowest BCUT2D eigenvalue weighted by Crippen LogP contribution is -2.36. The second-order valence-electron chi connectivity index (χ2n) is 4.97. The number of aliphatic hydroxyl groups is 1. The molecule has 1 amide bonds. The van der Waals surface area contributed by atoms with E-state index in [9.17, 15) is 9.90 Å². The third kappa shape index (κ3) is 2.84. The average molecular weight is 367 g/mol. The molecule has 0 radical (unpaired) electrons. The highest BCUT2D eigenvalue weighted by Crippen LogP contribution is 2.36. The lowest BCUT2D eigenvalue weighted by molar-refractivity contribution is 0.0970. The zero-order valence-corrected chi connectivity index (χ0v) is 13.4. The van der Waals surface area contributed by atoms with Crippen molar-refractivity contribution in [3.05, 3.63) is 63.1 Å². The van der Waals surface area contributed by atoms with Crippen molar-refractivity contribution in [2.75, 3.05) is 11.4 Å². The Bertz CT molecular complexity index is 704. The van der Waals surface area contributed by atoms with E-state index in [0.717, 1.165) is 10.2 Å². The van der Waals surface area contributed by atoms with Gasteiger partial charge >= 0.3 is 0 Å². The van der Waals surface area contributed by atoms with Crippen molar-refractivity contribution in [3.8, 4) is 0 Å². The van der Waals surface area contributed by atoms with Gasteiger partial charge in [-0.25, -0.2) is 0 Å². The van der Waals surface area contributed by atoms with Gasteiger partial charge in [-0.15, -0.1) is 0 Å².